The van der Waals surface area contributed by atoms with Gasteiger partial charge >= 0.3 is 0 Å². The minimum absolute atomic E-state index is 0.294. The average Bonchev–Trinajstić information content (AvgIpc) is 2.69. The third-order valence-corrected chi connectivity index (χ3v) is 5.96. The third kappa shape index (κ3) is 4.82. The summed E-state index contributed by atoms with van der Waals surface area (Å²) < 4.78 is 0. The van der Waals surface area contributed by atoms with E-state index in [0.717, 1.165) is 63.8 Å². The fourth-order valence-electron chi connectivity index (χ4n) is 4.20. The Morgan fingerprint density at radius 3 is 2.22 bits per heavy atom. The summed E-state index contributed by atoms with van der Waals surface area (Å²) in [6, 6.07) is 16.7. The Morgan fingerprint density at radius 1 is 0.815 bits per heavy atom. The van der Waals surface area contributed by atoms with Crippen LogP contribution < -0.4 is 4.90 Å². The van der Waals surface area contributed by atoms with Crippen LogP contribution in [0.3, 0.4) is 0 Å². The molecule has 0 amide bonds. The molecule has 2 aromatic rings. The lowest BCUT2D eigenvalue weighted by atomic mass is 10.00. The van der Waals surface area contributed by atoms with Crippen molar-refractivity contribution in [2.24, 2.45) is 0 Å². The number of aliphatic hydroxyl groups is 1. The largest absolute Gasteiger partial charge is 0.390 e. The Bertz CT molecular complexity index is 743. The quantitative estimate of drug-likeness (QED) is 0.857. The molecule has 1 N–H and O–H groups in total. The Kier molecular flexibility index (Phi) is 5.98. The van der Waals surface area contributed by atoms with Crippen molar-refractivity contribution in [3.8, 4) is 0 Å². The van der Waals surface area contributed by atoms with Gasteiger partial charge in [-0.15, -0.1) is 0 Å². The van der Waals surface area contributed by atoms with Gasteiger partial charge in [0.05, 0.1) is 6.10 Å². The number of hydrogen-bond donors (Lipinski definition) is 1. The smallest absolute Gasteiger partial charge is 0.0793 e. The number of halogens is 1. The van der Waals surface area contributed by atoms with Crippen molar-refractivity contribution in [3.63, 3.8) is 0 Å². The molecule has 0 aromatic heterocycles. The van der Waals surface area contributed by atoms with Gasteiger partial charge in [0.1, 0.15) is 0 Å². The molecule has 2 aliphatic heterocycles. The van der Waals surface area contributed by atoms with Crippen molar-refractivity contribution in [2.75, 3.05) is 50.7 Å². The highest BCUT2D eigenvalue weighted by molar-refractivity contribution is 6.30. The fraction of sp³-hybridized carbons (Fsp3) is 0.455. The molecule has 5 heteroatoms. The minimum atomic E-state index is -0.294. The van der Waals surface area contributed by atoms with Crippen molar-refractivity contribution < 1.29 is 5.11 Å². The zero-order chi connectivity index (χ0) is 18.6. The first kappa shape index (κ1) is 18.8. The third-order valence-electron chi connectivity index (χ3n) is 5.71. The highest BCUT2D eigenvalue weighted by Crippen LogP contribution is 2.20. The summed E-state index contributed by atoms with van der Waals surface area (Å²) in [4.78, 5) is 7.16. The molecular formula is C22H28ClN3O. The minimum Gasteiger partial charge on any atom is -0.390 e. The van der Waals surface area contributed by atoms with Crippen LogP contribution in [-0.4, -0.2) is 66.8 Å². The maximum absolute atomic E-state index is 10.6. The molecular weight excluding hydrogens is 358 g/mol. The molecule has 2 aliphatic rings. The lowest BCUT2D eigenvalue weighted by Crippen LogP contribution is -2.50. The lowest BCUT2D eigenvalue weighted by Gasteiger charge is -2.38. The molecule has 0 aliphatic carbocycles. The number of rotatable bonds is 5. The average molecular weight is 386 g/mol. The van der Waals surface area contributed by atoms with E-state index >= 15 is 0 Å². The molecule has 1 fully saturated rings. The first-order valence-electron chi connectivity index (χ1n) is 9.87. The SMILES string of the molecule is OC(CN1CCN(c2ccc(Cl)cc2)CC1)CN1CCc2ccccc2C1. The van der Waals surface area contributed by atoms with E-state index in [9.17, 15) is 5.11 Å². The number of fused-ring (bicyclic) bond motifs is 1. The summed E-state index contributed by atoms with van der Waals surface area (Å²) in [5, 5.41) is 11.4. The Morgan fingerprint density at radius 2 is 1.48 bits per heavy atom. The molecule has 0 bridgehead atoms. The van der Waals surface area contributed by atoms with E-state index in [0.29, 0.717) is 0 Å². The van der Waals surface area contributed by atoms with E-state index in [1.54, 1.807) is 0 Å². The molecule has 0 radical (unpaired) electrons. The number of nitrogens with zero attached hydrogens (tertiary/aromatic N) is 3. The predicted octanol–water partition coefficient (Wildman–Crippen LogP) is 2.88. The Balaban J connectivity index is 1.23. The number of hydrogen-bond acceptors (Lipinski definition) is 4. The van der Waals surface area contributed by atoms with E-state index in [1.807, 2.05) is 12.1 Å². The van der Waals surface area contributed by atoms with Crippen LogP contribution in [0.4, 0.5) is 5.69 Å². The molecule has 4 nitrogen and oxygen atoms in total. The monoisotopic (exact) mass is 385 g/mol. The van der Waals surface area contributed by atoms with Crippen molar-refractivity contribution >= 4 is 17.3 Å². The molecule has 0 spiro atoms. The summed E-state index contributed by atoms with van der Waals surface area (Å²) in [6.07, 6.45) is 0.792. The van der Waals surface area contributed by atoms with Crippen LogP contribution in [0.1, 0.15) is 11.1 Å². The predicted molar refractivity (Wildman–Crippen MR) is 112 cm³/mol. The van der Waals surface area contributed by atoms with Gasteiger partial charge in [0.25, 0.3) is 0 Å². The van der Waals surface area contributed by atoms with Crippen LogP contribution in [0.15, 0.2) is 48.5 Å². The van der Waals surface area contributed by atoms with Gasteiger partial charge in [-0.05, 0) is 41.8 Å². The summed E-state index contributed by atoms with van der Waals surface area (Å²) in [7, 11) is 0. The zero-order valence-corrected chi connectivity index (χ0v) is 16.5. The molecule has 2 heterocycles. The number of anilines is 1. The summed E-state index contributed by atoms with van der Waals surface area (Å²) >= 11 is 5.98. The van der Waals surface area contributed by atoms with Crippen LogP contribution in [0, 0.1) is 0 Å². The van der Waals surface area contributed by atoms with Crippen LogP contribution in [0.25, 0.3) is 0 Å². The molecule has 2 aromatic carbocycles. The van der Waals surface area contributed by atoms with E-state index in [4.69, 9.17) is 11.6 Å². The van der Waals surface area contributed by atoms with Gasteiger partial charge in [0.15, 0.2) is 0 Å². The molecule has 1 saturated heterocycles. The van der Waals surface area contributed by atoms with Crippen molar-refractivity contribution in [1.29, 1.82) is 0 Å². The Labute approximate surface area is 167 Å². The molecule has 144 valence electrons. The van der Waals surface area contributed by atoms with Crippen molar-refractivity contribution in [1.82, 2.24) is 9.80 Å². The first-order chi connectivity index (χ1) is 13.2. The summed E-state index contributed by atoms with van der Waals surface area (Å²) in [5.41, 5.74) is 4.10. The molecule has 0 saturated carbocycles. The Hall–Kier alpha value is -1.59. The maximum Gasteiger partial charge on any atom is 0.0793 e. The van der Waals surface area contributed by atoms with Gasteiger partial charge in [-0.1, -0.05) is 35.9 Å². The zero-order valence-electron chi connectivity index (χ0n) is 15.7. The highest BCUT2D eigenvalue weighted by atomic mass is 35.5. The number of benzene rings is 2. The summed E-state index contributed by atoms with van der Waals surface area (Å²) in [6.45, 7) is 7.47. The molecule has 1 atom stereocenters. The second kappa shape index (κ2) is 8.61. The molecule has 1 unspecified atom stereocenters. The lowest BCUT2D eigenvalue weighted by molar-refractivity contribution is 0.0672. The fourth-order valence-corrected chi connectivity index (χ4v) is 4.33. The van der Waals surface area contributed by atoms with Gasteiger partial charge in [-0.3, -0.25) is 9.80 Å². The first-order valence-corrected chi connectivity index (χ1v) is 10.3. The normalized spacial score (nSPS) is 19.7. The van der Waals surface area contributed by atoms with E-state index in [2.05, 4.69) is 51.1 Å². The number of β-amino-alcohol motifs (C(OH)–C–C–N with tert-alkyl or cyclic N) is 1. The van der Waals surface area contributed by atoms with E-state index in [-0.39, 0.29) is 6.10 Å². The van der Waals surface area contributed by atoms with Crippen LogP contribution in [0.2, 0.25) is 5.02 Å². The van der Waals surface area contributed by atoms with Gasteiger partial charge in [-0.25, -0.2) is 0 Å². The van der Waals surface area contributed by atoms with Gasteiger partial charge < -0.3 is 10.0 Å². The van der Waals surface area contributed by atoms with Gasteiger partial charge in [0, 0.05) is 63.1 Å². The van der Waals surface area contributed by atoms with Crippen LogP contribution >= 0.6 is 11.6 Å². The topological polar surface area (TPSA) is 30.0 Å². The summed E-state index contributed by atoms with van der Waals surface area (Å²) in [5.74, 6) is 0. The van der Waals surface area contributed by atoms with Crippen molar-refractivity contribution in [2.45, 2.75) is 19.1 Å². The second-order valence-corrected chi connectivity index (χ2v) is 8.11. The van der Waals surface area contributed by atoms with E-state index in [1.165, 1.54) is 16.8 Å². The number of aliphatic hydroxyl groups excluding tert-OH is 1. The van der Waals surface area contributed by atoms with Gasteiger partial charge in [0.2, 0.25) is 0 Å². The number of piperazine rings is 1. The van der Waals surface area contributed by atoms with Gasteiger partial charge in [-0.2, -0.15) is 0 Å². The standard InChI is InChI=1S/C22H28ClN3O/c23-20-5-7-21(8-6-20)26-13-11-24(12-14-26)16-22(27)17-25-10-9-18-3-1-2-4-19(18)15-25/h1-8,22,27H,9-17H2. The maximum atomic E-state index is 10.6. The second-order valence-electron chi connectivity index (χ2n) is 7.67. The molecule has 4 rings (SSSR count). The van der Waals surface area contributed by atoms with E-state index < -0.39 is 0 Å². The van der Waals surface area contributed by atoms with Crippen LogP contribution in [-0.2, 0) is 13.0 Å². The van der Waals surface area contributed by atoms with Crippen molar-refractivity contribution in [3.05, 3.63) is 64.7 Å². The van der Waals surface area contributed by atoms with Crippen LogP contribution in [0.5, 0.6) is 0 Å². The highest BCUT2D eigenvalue weighted by Gasteiger charge is 2.22. The molecule has 27 heavy (non-hydrogen) atoms.